The quantitative estimate of drug-likeness (QED) is 0.638. The topological polar surface area (TPSA) is 88.6 Å². The number of thiazole rings is 1. The lowest BCUT2D eigenvalue weighted by molar-refractivity contribution is -0.0258. The monoisotopic (exact) mass is 403 g/mol. The molecule has 7 nitrogen and oxygen atoms in total. The number of rotatable bonds is 6. The number of anilines is 1. The van der Waals surface area contributed by atoms with E-state index < -0.39 is 10.0 Å². The molecule has 0 spiro atoms. The smallest absolute Gasteiger partial charge is 0.264 e. The molecule has 0 saturated heterocycles. The number of hydrogen-bond donors (Lipinski definition) is 1. The molecule has 9 heteroatoms. The summed E-state index contributed by atoms with van der Waals surface area (Å²) in [7, 11) is -1.18. The highest BCUT2D eigenvalue weighted by molar-refractivity contribution is 7.89. The van der Waals surface area contributed by atoms with E-state index in [1.165, 1.54) is 49.8 Å². The maximum Gasteiger partial charge on any atom is 0.264 e. The second kappa shape index (κ2) is 7.97. The van der Waals surface area contributed by atoms with Gasteiger partial charge >= 0.3 is 0 Å². The zero-order valence-electron chi connectivity index (χ0n) is 14.6. The number of carbonyl (C=O) groups is 1. The van der Waals surface area contributed by atoms with E-state index in [9.17, 15) is 13.2 Å². The van der Waals surface area contributed by atoms with Gasteiger partial charge < -0.3 is 5.32 Å². The van der Waals surface area contributed by atoms with Crippen LogP contribution in [0.5, 0.6) is 0 Å². The van der Waals surface area contributed by atoms with Gasteiger partial charge in [-0.3, -0.25) is 9.63 Å². The lowest BCUT2D eigenvalue weighted by Crippen LogP contribution is -2.25. The first-order valence-electron chi connectivity index (χ1n) is 7.86. The van der Waals surface area contributed by atoms with Crippen molar-refractivity contribution in [3.05, 3.63) is 65.7 Å². The molecule has 0 radical (unpaired) electrons. The van der Waals surface area contributed by atoms with Gasteiger partial charge in [0, 0.05) is 35.4 Å². The molecule has 27 heavy (non-hydrogen) atoms. The highest BCUT2D eigenvalue weighted by Gasteiger charge is 2.21. The molecule has 1 N–H and O–H groups in total. The average Bonchev–Trinajstić information content (AvgIpc) is 3.22. The number of benzene rings is 2. The van der Waals surface area contributed by atoms with E-state index in [4.69, 9.17) is 4.84 Å². The van der Waals surface area contributed by atoms with Crippen LogP contribution in [0.15, 0.2) is 65.0 Å². The number of nitrogens with zero attached hydrogens (tertiary/aromatic N) is 2. The predicted octanol–water partition coefficient (Wildman–Crippen LogP) is 3.24. The summed E-state index contributed by atoms with van der Waals surface area (Å²) < 4.78 is 25.1. The van der Waals surface area contributed by atoms with E-state index in [2.05, 4.69) is 10.3 Å². The van der Waals surface area contributed by atoms with Crippen LogP contribution in [0.1, 0.15) is 10.4 Å². The van der Waals surface area contributed by atoms with Gasteiger partial charge in [-0.05, 0) is 48.5 Å². The molecule has 140 valence electrons. The standard InChI is InChI=1S/C18H17N3O4S2/c1-21(25-2)27(23,24)16-9-5-13(6-10-16)17(22)20-15-7-3-14(4-8-15)18-19-11-12-26-18/h3-12H,1-2H3,(H,20,22). The summed E-state index contributed by atoms with van der Waals surface area (Å²) in [6.45, 7) is 0. The van der Waals surface area contributed by atoms with Crippen LogP contribution >= 0.6 is 11.3 Å². The van der Waals surface area contributed by atoms with Crippen molar-refractivity contribution in [2.75, 3.05) is 19.5 Å². The number of hydroxylamine groups is 1. The Bertz CT molecular complexity index is 1020. The summed E-state index contributed by atoms with van der Waals surface area (Å²) in [5.74, 6) is -0.332. The van der Waals surface area contributed by atoms with Gasteiger partial charge in [0.1, 0.15) is 5.01 Å². The number of sulfonamides is 1. The Morgan fingerprint density at radius 2 is 1.78 bits per heavy atom. The van der Waals surface area contributed by atoms with E-state index in [1.54, 1.807) is 18.3 Å². The molecule has 0 saturated carbocycles. The van der Waals surface area contributed by atoms with Crippen LogP contribution in [0.25, 0.3) is 10.6 Å². The predicted molar refractivity (Wildman–Crippen MR) is 104 cm³/mol. The van der Waals surface area contributed by atoms with E-state index in [0.717, 1.165) is 15.0 Å². The van der Waals surface area contributed by atoms with Crippen LogP contribution in [0.2, 0.25) is 0 Å². The van der Waals surface area contributed by atoms with Crippen LogP contribution in [0.3, 0.4) is 0 Å². The number of amides is 1. The number of carbonyl (C=O) groups excluding carboxylic acids is 1. The fourth-order valence-corrected chi connectivity index (χ4v) is 3.91. The van der Waals surface area contributed by atoms with Crippen molar-refractivity contribution in [1.29, 1.82) is 0 Å². The first-order chi connectivity index (χ1) is 12.9. The molecular weight excluding hydrogens is 386 g/mol. The largest absolute Gasteiger partial charge is 0.322 e. The minimum atomic E-state index is -3.74. The molecule has 1 heterocycles. The Balaban J connectivity index is 1.71. The molecule has 1 aromatic heterocycles. The Hall–Kier alpha value is -2.59. The molecule has 0 bridgehead atoms. The molecule has 1 amide bonds. The molecule has 0 fully saturated rings. The fraction of sp³-hybridized carbons (Fsp3) is 0.111. The zero-order chi connectivity index (χ0) is 19.4. The maximum atomic E-state index is 12.4. The average molecular weight is 403 g/mol. The van der Waals surface area contributed by atoms with Crippen LogP contribution in [0.4, 0.5) is 5.69 Å². The van der Waals surface area contributed by atoms with E-state index in [1.807, 2.05) is 17.5 Å². The van der Waals surface area contributed by atoms with Crippen LogP contribution in [-0.2, 0) is 14.9 Å². The van der Waals surface area contributed by atoms with Crippen molar-refractivity contribution >= 4 is 33.0 Å². The summed E-state index contributed by atoms with van der Waals surface area (Å²) in [5, 5.41) is 5.59. The Morgan fingerprint density at radius 1 is 1.11 bits per heavy atom. The fourth-order valence-electron chi connectivity index (χ4n) is 2.29. The maximum absolute atomic E-state index is 12.4. The van der Waals surface area contributed by atoms with Gasteiger partial charge in [-0.1, -0.05) is 4.47 Å². The second-order valence-corrected chi connectivity index (χ2v) is 8.32. The van der Waals surface area contributed by atoms with Crippen molar-refractivity contribution < 1.29 is 18.0 Å². The van der Waals surface area contributed by atoms with Gasteiger partial charge in [-0.2, -0.15) is 0 Å². The summed E-state index contributed by atoms with van der Waals surface area (Å²) in [5.41, 5.74) is 1.95. The summed E-state index contributed by atoms with van der Waals surface area (Å²) in [6, 6.07) is 13.0. The van der Waals surface area contributed by atoms with Crippen molar-refractivity contribution in [2.24, 2.45) is 0 Å². The number of hydrogen-bond acceptors (Lipinski definition) is 6. The van der Waals surface area contributed by atoms with Gasteiger partial charge in [0.25, 0.3) is 15.9 Å². The van der Waals surface area contributed by atoms with Crippen molar-refractivity contribution in [3.8, 4) is 10.6 Å². The molecule has 2 aromatic carbocycles. The normalized spacial score (nSPS) is 11.5. The molecule has 3 aromatic rings. The van der Waals surface area contributed by atoms with Crippen LogP contribution in [0, 0.1) is 0 Å². The third-order valence-electron chi connectivity index (χ3n) is 3.83. The Kier molecular flexibility index (Phi) is 5.66. The molecular formula is C18H17N3O4S2. The molecule has 3 rings (SSSR count). The first-order valence-corrected chi connectivity index (χ1v) is 10.2. The Morgan fingerprint density at radius 3 is 2.33 bits per heavy atom. The van der Waals surface area contributed by atoms with Crippen molar-refractivity contribution in [2.45, 2.75) is 4.90 Å². The lowest BCUT2D eigenvalue weighted by atomic mass is 10.2. The second-order valence-electron chi connectivity index (χ2n) is 5.49. The minimum absolute atomic E-state index is 0.0381. The van der Waals surface area contributed by atoms with Gasteiger partial charge in [0.15, 0.2) is 0 Å². The molecule has 0 unspecified atom stereocenters. The van der Waals surface area contributed by atoms with Gasteiger partial charge in [-0.15, -0.1) is 11.3 Å². The third kappa shape index (κ3) is 4.22. The molecule has 0 aliphatic carbocycles. The Labute approximate surface area is 161 Å². The lowest BCUT2D eigenvalue weighted by Gasteiger charge is -2.14. The van der Waals surface area contributed by atoms with Gasteiger partial charge in [-0.25, -0.2) is 13.4 Å². The van der Waals surface area contributed by atoms with Crippen molar-refractivity contribution in [1.82, 2.24) is 9.45 Å². The molecule has 0 aliphatic rings. The summed E-state index contributed by atoms with van der Waals surface area (Å²) in [4.78, 5) is 21.4. The molecule has 0 aliphatic heterocycles. The minimum Gasteiger partial charge on any atom is -0.322 e. The highest BCUT2D eigenvalue weighted by atomic mass is 32.2. The van der Waals surface area contributed by atoms with Gasteiger partial charge in [0.05, 0.1) is 12.0 Å². The zero-order valence-corrected chi connectivity index (χ0v) is 16.3. The van der Waals surface area contributed by atoms with E-state index in [-0.39, 0.29) is 10.8 Å². The first kappa shape index (κ1) is 19.2. The molecule has 0 atom stereocenters. The van der Waals surface area contributed by atoms with Crippen molar-refractivity contribution in [3.63, 3.8) is 0 Å². The highest BCUT2D eigenvalue weighted by Crippen LogP contribution is 2.23. The SMILES string of the molecule is CON(C)S(=O)(=O)c1ccc(C(=O)Nc2ccc(-c3nccs3)cc2)cc1. The third-order valence-corrected chi connectivity index (χ3v) is 6.35. The van der Waals surface area contributed by atoms with Crippen LogP contribution in [-0.4, -0.2) is 37.9 Å². The van der Waals surface area contributed by atoms with E-state index in [0.29, 0.717) is 11.3 Å². The summed E-state index contributed by atoms with van der Waals surface area (Å²) in [6.07, 6.45) is 1.74. The number of nitrogens with one attached hydrogen (secondary N) is 1. The summed E-state index contributed by atoms with van der Waals surface area (Å²) >= 11 is 1.54. The number of aromatic nitrogens is 1. The van der Waals surface area contributed by atoms with E-state index >= 15 is 0 Å². The van der Waals surface area contributed by atoms with Gasteiger partial charge in [0.2, 0.25) is 0 Å². The van der Waals surface area contributed by atoms with Crippen LogP contribution < -0.4 is 5.32 Å².